The van der Waals surface area contributed by atoms with Crippen LogP contribution in [0.15, 0.2) is 18.2 Å². The largest absolute Gasteiger partial charge is 0.389 e. The molecule has 3 nitrogen and oxygen atoms in total. The summed E-state index contributed by atoms with van der Waals surface area (Å²) < 4.78 is 13.4. The molecular weight excluding hydrogens is 255 g/mol. The maximum Gasteiger partial charge on any atom is 0.123 e. The molecule has 0 aliphatic carbocycles. The molecule has 1 fully saturated rings. The molecule has 1 aliphatic rings. The SMILES string of the molecule is CCN(CC)C1CCN(c2ccc(F)cc2C(C)O)C1. The minimum Gasteiger partial charge on any atom is -0.389 e. The van der Waals surface area contributed by atoms with Gasteiger partial charge in [0.15, 0.2) is 0 Å². The van der Waals surface area contributed by atoms with Gasteiger partial charge in [-0.2, -0.15) is 0 Å². The third-order valence-electron chi connectivity index (χ3n) is 4.27. The van der Waals surface area contributed by atoms with Gasteiger partial charge in [-0.05, 0) is 44.6 Å². The second-order valence-corrected chi connectivity index (χ2v) is 5.49. The van der Waals surface area contributed by atoms with Gasteiger partial charge in [0.1, 0.15) is 5.82 Å². The van der Waals surface area contributed by atoms with Crippen molar-refractivity contribution in [1.82, 2.24) is 4.90 Å². The lowest BCUT2D eigenvalue weighted by molar-refractivity contribution is 0.199. The van der Waals surface area contributed by atoms with Crippen molar-refractivity contribution in [2.75, 3.05) is 31.1 Å². The van der Waals surface area contributed by atoms with Crippen LogP contribution in [0, 0.1) is 5.82 Å². The van der Waals surface area contributed by atoms with Crippen molar-refractivity contribution < 1.29 is 9.50 Å². The van der Waals surface area contributed by atoms with Crippen molar-refractivity contribution in [3.8, 4) is 0 Å². The summed E-state index contributed by atoms with van der Waals surface area (Å²) >= 11 is 0. The summed E-state index contributed by atoms with van der Waals surface area (Å²) in [6.07, 6.45) is 0.478. The third kappa shape index (κ3) is 3.13. The van der Waals surface area contributed by atoms with Crippen molar-refractivity contribution in [2.45, 2.75) is 39.3 Å². The fourth-order valence-electron chi connectivity index (χ4n) is 3.15. The number of likely N-dealkylation sites (N-methyl/N-ethyl adjacent to an activating group) is 1. The number of aliphatic hydroxyl groups is 1. The molecule has 4 heteroatoms. The van der Waals surface area contributed by atoms with Crippen LogP contribution in [-0.4, -0.2) is 42.2 Å². The zero-order valence-corrected chi connectivity index (χ0v) is 12.6. The molecule has 2 unspecified atom stereocenters. The van der Waals surface area contributed by atoms with E-state index >= 15 is 0 Å². The first-order valence-corrected chi connectivity index (χ1v) is 7.53. The Hall–Kier alpha value is -1.13. The van der Waals surface area contributed by atoms with Crippen LogP contribution in [0.5, 0.6) is 0 Å². The van der Waals surface area contributed by atoms with Crippen molar-refractivity contribution in [3.63, 3.8) is 0 Å². The number of anilines is 1. The highest BCUT2D eigenvalue weighted by atomic mass is 19.1. The third-order valence-corrected chi connectivity index (χ3v) is 4.27. The lowest BCUT2D eigenvalue weighted by Crippen LogP contribution is -2.37. The van der Waals surface area contributed by atoms with E-state index in [4.69, 9.17) is 0 Å². The van der Waals surface area contributed by atoms with E-state index in [9.17, 15) is 9.50 Å². The Morgan fingerprint density at radius 2 is 2.10 bits per heavy atom. The number of aliphatic hydroxyl groups excluding tert-OH is 1. The van der Waals surface area contributed by atoms with Crippen LogP contribution in [-0.2, 0) is 0 Å². The monoisotopic (exact) mass is 280 g/mol. The molecule has 1 saturated heterocycles. The standard InChI is InChI=1S/C16H25FN2O/c1-4-18(5-2)14-8-9-19(11-14)16-7-6-13(17)10-15(16)12(3)20/h6-7,10,12,14,20H,4-5,8-9,11H2,1-3H3. The van der Waals surface area contributed by atoms with E-state index in [2.05, 4.69) is 23.6 Å². The van der Waals surface area contributed by atoms with E-state index in [-0.39, 0.29) is 5.82 Å². The Morgan fingerprint density at radius 3 is 2.70 bits per heavy atom. The fraction of sp³-hybridized carbons (Fsp3) is 0.625. The highest BCUT2D eigenvalue weighted by Crippen LogP contribution is 2.30. The first kappa shape index (κ1) is 15.3. The molecule has 0 saturated carbocycles. The maximum atomic E-state index is 13.4. The van der Waals surface area contributed by atoms with E-state index in [1.807, 2.05) is 0 Å². The highest BCUT2D eigenvalue weighted by molar-refractivity contribution is 5.55. The molecule has 20 heavy (non-hydrogen) atoms. The predicted molar refractivity (Wildman–Crippen MR) is 80.6 cm³/mol. The van der Waals surface area contributed by atoms with Gasteiger partial charge in [-0.1, -0.05) is 13.8 Å². The van der Waals surface area contributed by atoms with Crippen LogP contribution in [0.25, 0.3) is 0 Å². The molecule has 1 aromatic rings. The van der Waals surface area contributed by atoms with Gasteiger partial charge in [0.25, 0.3) is 0 Å². The number of halogens is 1. The molecule has 2 rings (SSSR count). The molecular formula is C16H25FN2O. The number of nitrogens with zero attached hydrogens (tertiary/aromatic N) is 2. The lowest BCUT2D eigenvalue weighted by Gasteiger charge is -2.28. The quantitative estimate of drug-likeness (QED) is 0.898. The van der Waals surface area contributed by atoms with Gasteiger partial charge in [-0.15, -0.1) is 0 Å². The molecule has 1 heterocycles. The lowest BCUT2D eigenvalue weighted by atomic mass is 10.1. The smallest absolute Gasteiger partial charge is 0.123 e. The topological polar surface area (TPSA) is 26.7 Å². The molecule has 0 radical (unpaired) electrons. The Kier molecular flexibility index (Phi) is 5.00. The fourth-order valence-corrected chi connectivity index (χ4v) is 3.15. The molecule has 2 atom stereocenters. The number of hydrogen-bond acceptors (Lipinski definition) is 3. The number of hydrogen-bond donors (Lipinski definition) is 1. The van der Waals surface area contributed by atoms with Crippen LogP contribution in [0.1, 0.15) is 38.9 Å². The first-order chi connectivity index (χ1) is 9.56. The molecule has 112 valence electrons. The summed E-state index contributed by atoms with van der Waals surface area (Å²) in [7, 11) is 0. The second kappa shape index (κ2) is 6.55. The molecule has 0 aromatic heterocycles. The maximum absolute atomic E-state index is 13.4. The Balaban J connectivity index is 2.18. The van der Waals surface area contributed by atoms with Gasteiger partial charge >= 0.3 is 0 Å². The average Bonchev–Trinajstić information content (AvgIpc) is 2.89. The van der Waals surface area contributed by atoms with Crippen LogP contribution >= 0.6 is 0 Å². The number of rotatable bonds is 5. The molecule has 1 aliphatic heterocycles. The minimum atomic E-state index is -0.645. The van der Waals surface area contributed by atoms with Crippen LogP contribution in [0.3, 0.4) is 0 Å². The van der Waals surface area contributed by atoms with Gasteiger partial charge in [0.2, 0.25) is 0 Å². The van der Waals surface area contributed by atoms with Crippen molar-refractivity contribution >= 4 is 5.69 Å². The summed E-state index contributed by atoms with van der Waals surface area (Å²) in [5.74, 6) is -0.288. The summed E-state index contributed by atoms with van der Waals surface area (Å²) in [6.45, 7) is 10.1. The van der Waals surface area contributed by atoms with Crippen molar-refractivity contribution in [3.05, 3.63) is 29.6 Å². The van der Waals surface area contributed by atoms with Gasteiger partial charge in [0.05, 0.1) is 6.10 Å². The van der Waals surface area contributed by atoms with E-state index in [0.29, 0.717) is 11.6 Å². The Labute approximate surface area is 121 Å². The summed E-state index contributed by atoms with van der Waals surface area (Å²) in [5.41, 5.74) is 1.65. The molecule has 0 amide bonds. The highest BCUT2D eigenvalue weighted by Gasteiger charge is 2.28. The zero-order valence-electron chi connectivity index (χ0n) is 12.6. The second-order valence-electron chi connectivity index (χ2n) is 5.49. The molecule has 1 N–H and O–H groups in total. The normalized spacial score (nSPS) is 20.7. The van der Waals surface area contributed by atoms with Gasteiger partial charge < -0.3 is 10.0 Å². The van der Waals surface area contributed by atoms with E-state index < -0.39 is 6.10 Å². The van der Waals surface area contributed by atoms with Gasteiger partial charge in [-0.25, -0.2) is 4.39 Å². The van der Waals surface area contributed by atoms with E-state index in [1.165, 1.54) is 12.1 Å². The predicted octanol–water partition coefficient (Wildman–Crippen LogP) is 2.80. The van der Waals surface area contributed by atoms with Crippen LogP contribution < -0.4 is 4.90 Å². The van der Waals surface area contributed by atoms with Gasteiger partial charge in [-0.3, -0.25) is 4.90 Å². The average molecular weight is 280 g/mol. The Bertz CT molecular complexity index is 446. The van der Waals surface area contributed by atoms with Crippen LogP contribution in [0.4, 0.5) is 10.1 Å². The van der Waals surface area contributed by atoms with E-state index in [1.54, 1.807) is 13.0 Å². The Morgan fingerprint density at radius 1 is 1.40 bits per heavy atom. The van der Waals surface area contributed by atoms with Gasteiger partial charge in [0, 0.05) is 30.4 Å². The molecule has 0 bridgehead atoms. The summed E-state index contributed by atoms with van der Waals surface area (Å²) in [6, 6.07) is 5.27. The summed E-state index contributed by atoms with van der Waals surface area (Å²) in [5, 5.41) is 9.85. The molecule has 0 spiro atoms. The van der Waals surface area contributed by atoms with Crippen LogP contribution in [0.2, 0.25) is 0 Å². The van der Waals surface area contributed by atoms with E-state index in [0.717, 1.165) is 38.3 Å². The van der Waals surface area contributed by atoms with Crippen molar-refractivity contribution in [1.29, 1.82) is 0 Å². The van der Waals surface area contributed by atoms with Crippen molar-refractivity contribution in [2.24, 2.45) is 0 Å². The zero-order chi connectivity index (χ0) is 14.7. The number of benzene rings is 1. The first-order valence-electron chi connectivity index (χ1n) is 7.53. The summed E-state index contributed by atoms with van der Waals surface area (Å²) in [4.78, 5) is 4.73. The molecule has 1 aromatic carbocycles. The minimum absolute atomic E-state index is 0.288.